The Hall–Kier alpha value is -3.29. The lowest BCUT2D eigenvalue weighted by Crippen LogP contribution is -2.27. The van der Waals surface area contributed by atoms with Crippen molar-refractivity contribution in [1.29, 1.82) is 0 Å². The molecule has 154 valence electrons. The fourth-order valence-electron chi connectivity index (χ4n) is 3.11. The molecule has 1 aromatic heterocycles. The first kappa shape index (κ1) is 21.4. The summed E-state index contributed by atoms with van der Waals surface area (Å²) in [7, 11) is 1.67. The van der Waals surface area contributed by atoms with Crippen LogP contribution in [0, 0.1) is 11.8 Å². The molecule has 0 atom stereocenters. The number of likely N-dealkylation sites (N-methyl/N-ethyl adjacent to an activating group) is 1. The van der Waals surface area contributed by atoms with E-state index < -0.39 is 0 Å². The number of ether oxygens (including phenoxy) is 2. The maximum Gasteiger partial charge on any atom is 0.126 e. The van der Waals surface area contributed by atoms with E-state index in [1.807, 2.05) is 66.9 Å². The van der Waals surface area contributed by atoms with Crippen LogP contribution in [-0.2, 0) is 0 Å². The van der Waals surface area contributed by atoms with Crippen LogP contribution < -0.4 is 9.47 Å². The van der Waals surface area contributed by atoms with Gasteiger partial charge < -0.3 is 14.4 Å². The standard InChI is InChI=1S/C26H28N2O2/c1-4-28(5-2)18-19-30-24-16-11-21(12-17-24)10-14-23-15-13-22(20-27-23)25-8-6-7-9-26(25)29-3/h6-9,11-13,15-17,20H,4-5,18-19H2,1-3H3. The fraction of sp³-hybridized carbons (Fsp3) is 0.269. The Labute approximate surface area is 179 Å². The summed E-state index contributed by atoms with van der Waals surface area (Å²) < 4.78 is 11.2. The molecule has 0 fully saturated rings. The summed E-state index contributed by atoms with van der Waals surface area (Å²) in [6, 6.07) is 19.7. The molecule has 1 heterocycles. The molecule has 0 aliphatic carbocycles. The molecule has 0 aliphatic heterocycles. The monoisotopic (exact) mass is 400 g/mol. The molecule has 0 spiro atoms. The SMILES string of the molecule is CCN(CC)CCOc1ccc(C#Cc2ccc(-c3ccccc3OC)cn2)cc1. The topological polar surface area (TPSA) is 34.6 Å². The molecule has 0 saturated carbocycles. The second-order valence-corrected chi connectivity index (χ2v) is 6.78. The molecule has 3 rings (SSSR count). The quantitative estimate of drug-likeness (QED) is 0.505. The largest absolute Gasteiger partial charge is 0.496 e. The Morgan fingerprint density at radius 3 is 2.33 bits per heavy atom. The molecule has 4 heteroatoms. The molecule has 0 radical (unpaired) electrons. The van der Waals surface area contributed by atoms with Gasteiger partial charge in [0.05, 0.1) is 7.11 Å². The van der Waals surface area contributed by atoms with Crippen molar-refractivity contribution in [2.75, 3.05) is 33.4 Å². The van der Waals surface area contributed by atoms with Crippen LogP contribution in [0.4, 0.5) is 0 Å². The molecule has 0 amide bonds. The van der Waals surface area contributed by atoms with E-state index in [0.717, 1.165) is 53.5 Å². The van der Waals surface area contributed by atoms with Crippen LogP contribution in [0.25, 0.3) is 11.1 Å². The highest BCUT2D eigenvalue weighted by Crippen LogP contribution is 2.28. The molecule has 3 aromatic rings. The predicted molar refractivity (Wildman–Crippen MR) is 122 cm³/mol. The predicted octanol–water partition coefficient (Wildman–Crippen LogP) is 4.88. The third-order valence-electron chi connectivity index (χ3n) is 4.94. The number of benzene rings is 2. The molecule has 0 N–H and O–H groups in total. The minimum Gasteiger partial charge on any atom is -0.496 e. The Bertz CT molecular complexity index is 982. The van der Waals surface area contributed by atoms with Gasteiger partial charge in [0.15, 0.2) is 0 Å². The average molecular weight is 401 g/mol. The maximum absolute atomic E-state index is 5.82. The summed E-state index contributed by atoms with van der Waals surface area (Å²) in [5, 5.41) is 0. The summed E-state index contributed by atoms with van der Waals surface area (Å²) in [4.78, 5) is 6.82. The van der Waals surface area contributed by atoms with Gasteiger partial charge in [-0.3, -0.25) is 0 Å². The van der Waals surface area contributed by atoms with Crippen molar-refractivity contribution in [3.63, 3.8) is 0 Å². The van der Waals surface area contributed by atoms with E-state index in [0.29, 0.717) is 6.61 Å². The van der Waals surface area contributed by atoms with Gasteiger partial charge in [0.1, 0.15) is 23.8 Å². The number of pyridine rings is 1. The van der Waals surface area contributed by atoms with E-state index in [1.165, 1.54) is 0 Å². The Morgan fingerprint density at radius 2 is 1.67 bits per heavy atom. The van der Waals surface area contributed by atoms with Gasteiger partial charge in [-0.2, -0.15) is 0 Å². The van der Waals surface area contributed by atoms with Gasteiger partial charge in [0.2, 0.25) is 0 Å². The van der Waals surface area contributed by atoms with Crippen LogP contribution in [0.1, 0.15) is 25.1 Å². The Balaban J connectivity index is 1.60. The molecule has 4 nitrogen and oxygen atoms in total. The number of hydrogen-bond donors (Lipinski definition) is 0. The lowest BCUT2D eigenvalue weighted by atomic mass is 10.1. The van der Waals surface area contributed by atoms with Crippen molar-refractivity contribution in [3.8, 4) is 34.5 Å². The minimum absolute atomic E-state index is 0.690. The number of aromatic nitrogens is 1. The highest BCUT2D eigenvalue weighted by molar-refractivity contribution is 5.69. The van der Waals surface area contributed by atoms with Crippen molar-refractivity contribution in [3.05, 3.63) is 78.1 Å². The summed E-state index contributed by atoms with van der Waals surface area (Å²) in [6.07, 6.45) is 1.83. The van der Waals surface area contributed by atoms with E-state index in [2.05, 4.69) is 35.6 Å². The third-order valence-corrected chi connectivity index (χ3v) is 4.94. The smallest absolute Gasteiger partial charge is 0.126 e. The number of methoxy groups -OCH3 is 1. The van der Waals surface area contributed by atoms with Crippen molar-refractivity contribution < 1.29 is 9.47 Å². The van der Waals surface area contributed by atoms with Gasteiger partial charge in [0.25, 0.3) is 0 Å². The van der Waals surface area contributed by atoms with Gasteiger partial charge in [-0.05, 0) is 61.5 Å². The summed E-state index contributed by atoms with van der Waals surface area (Å²) in [6.45, 7) is 8.04. The van der Waals surface area contributed by atoms with Crippen LogP contribution >= 0.6 is 0 Å². The lowest BCUT2D eigenvalue weighted by molar-refractivity contribution is 0.223. The molecule has 0 saturated heterocycles. The summed E-state index contributed by atoms with van der Waals surface area (Å²) in [5.41, 5.74) is 3.68. The second kappa shape index (κ2) is 11.0. The van der Waals surface area contributed by atoms with Gasteiger partial charge in [-0.1, -0.05) is 38.0 Å². The third kappa shape index (κ3) is 5.85. The van der Waals surface area contributed by atoms with Crippen molar-refractivity contribution in [1.82, 2.24) is 9.88 Å². The van der Waals surface area contributed by atoms with Gasteiger partial charge >= 0.3 is 0 Å². The van der Waals surface area contributed by atoms with Crippen LogP contribution in [0.2, 0.25) is 0 Å². The molecular weight excluding hydrogens is 372 g/mol. The number of para-hydroxylation sites is 1. The van der Waals surface area contributed by atoms with E-state index in [9.17, 15) is 0 Å². The van der Waals surface area contributed by atoms with Crippen LogP contribution in [0.15, 0.2) is 66.9 Å². The molecule has 0 bridgehead atoms. The first-order chi connectivity index (χ1) is 14.7. The zero-order chi connectivity index (χ0) is 21.2. The molecule has 0 unspecified atom stereocenters. The van der Waals surface area contributed by atoms with Crippen LogP contribution in [0.5, 0.6) is 11.5 Å². The van der Waals surface area contributed by atoms with Gasteiger partial charge in [0, 0.05) is 29.4 Å². The van der Waals surface area contributed by atoms with Crippen molar-refractivity contribution >= 4 is 0 Å². The maximum atomic E-state index is 5.82. The van der Waals surface area contributed by atoms with Gasteiger partial charge in [-0.15, -0.1) is 0 Å². The first-order valence-corrected chi connectivity index (χ1v) is 10.3. The Kier molecular flexibility index (Phi) is 7.88. The summed E-state index contributed by atoms with van der Waals surface area (Å²) in [5.74, 6) is 7.98. The van der Waals surface area contributed by atoms with Crippen molar-refractivity contribution in [2.45, 2.75) is 13.8 Å². The number of hydrogen-bond acceptors (Lipinski definition) is 4. The average Bonchev–Trinajstić information content (AvgIpc) is 2.81. The normalized spacial score (nSPS) is 10.4. The number of rotatable bonds is 8. The molecule has 0 aliphatic rings. The number of nitrogens with zero attached hydrogens (tertiary/aromatic N) is 2. The van der Waals surface area contributed by atoms with Crippen molar-refractivity contribution in [2.24, 2.45) is 0 Å². The molecule has 30 heavy (non-hydrogen) atoms. The summed E-state index contributed by atoms with van der Waals surface area (Å²) >= 11 is 0. The van der Waals surface area contributed by atoms with E-state index in [1.54, 1.807) is 7.11 Å². The van der Waals surface area contributed by atoms with Crippen LogP contribution in [-0.4, -0.2) is 43.2 Å². The van der Waals surface area contributed by atoms with E-state index in [4.69, 9.17) is 9.47 Å². The van der Waals surface area contributed by atoms with Gasteiger partial charge in [-0.25, -0.2) is 4.98 Å². The lowest BCUT2D eigenvalue weighted by Gasteiger charge is -2.17. The second-order valence-electron chi connectivity index (χ2n) is 6.78. The zero-order valence-corrected chi connectivity index (χ0v) is 17.9. The molecular formula is C26H28N2O2. The Morgan fingerprint density at radius 1 is 0.900 bits per heavy atom. The zero-order valence-electron chi connectivity index (χ0n) is 17.9. The first-order valence-electron chi connectivity index (χ1n) is 10.3. The van der Waals surface area contributed by atoms with Crippen LogP contribution in [0.3, 0.4) is 0 Å². The highest BCUT2D eigenvalue weighted by Gasteiger charge is 2.05. The minimum atomic E-state index is 0.690. The van der Waals surface area contributed by atoms with E-state index in [-0.39, 0.29) is 0 Å². The fourth-order valence-corrected chi connectivity index (χ4v) is 3.11. The molecule has 2 aromatic carbocycles. The van der Waals surface area contributed by atoms with E-state index >= 15 is 0 Å². The highest BCUT2D eigenvalue weighted by atomic mass is 16.5.